The molecule has 52 heavy (non-hydrogen) atoms. The summed E-state index contributed by atoms with van der Waals surface area (Å²) in [6, 6.07) is 71.7. The molecule has 0 radical (unpaired) electrons. The molecule has 1 aromatic heterocycles. The van der Waals surface area contributed by atoms with E-state index in [1.165, 1.54) is 32.3 Å². The van der Waals surface area contributed by atoms with Crippen LogP contribution in [-0.2, 0) is 0 Å². The molecule has 0 saturated carbocycles. The molecule has 10 rings (SSSR count). The van der Waals surface area contributed by atoms with Gasteiger partial charge >= 0.3 is 0 Å². The maximum atomic E-state index is 6.44. The molecule has 0 unspecified atom stereocenters. The van der Waals surface area contributed by atoms with Gasteiger partial charge in [-0.15, -0.1) is 0 Å². The van der Waals surface area contributed by atoms with Crippen molar-refractivity contribution in [1.82, 2.24) is 0 Å². The van der Waals surface area contributed by atoms with Crippen LogP contribution in [0, 0.1) is 0 Å². The second-order valence-corrected chi connectivity index (χ2v) is 13.3. The van der Waals surface area contributed by atoms with Crippen molar-refractivity contribution in [3.8, 4) is 33.6 Å². The summed E-state index contributed by atoms with van der Waals surface area (Å²) in [5.74, 6) is 0.865. The molecule has 0 spiro atoms. The molecule has 0 N–H and O–H groups in total. The van der Waals surface area contributed by atoms with Crippen molar-refractivity contribution < 1.29 is 4.42 Å². The highest BCUT2D eigenvalue weighted by molar-refractivity contribution is 6.09. The molecule has 9 aromatic carbocycles. The maximum Gasteiger partial charge on any atom is 0.136 e. The summed E-state index contributed by atoms with van der Waals surface area (Å²) in [7, 11) is 0. The Bertz CT molecular complexity index is 2860. The van der Waals surface area contributed by atoms with Gasteiger partial charge in [-0.05, 0) is 97.7 Å². The van der Waals surface area contributed by atoms with E-state index in [0.29, 0.717) is 0 Å². The average molecular weight is 664 g/mol. The van der Waals surface area contributed by atoms with Crippen molar-refractivity contribution >= 4 is 60.3 Å². The monoisotopic (exact) mass is 663 g/mol. The van der Waals surface area contributed by atoms with Crippen LogP contribution in [-0.4, -0.2) is 0 Å². The summed E-state index contributed by atoms with van der Waals surface area (Å²) in [5.41, 5.74) is 9.90. The average Bonchev–Trinajstić information content (AvgIpc) is 3.66. The largest absolute Gasteiger partial charge is 0.456 e. The van der Waals surface area contributed by atoms with Gasteiger partial charge in [0.1, 0.15) is 11.3 Å². The third kappa shape index (κ3) is 5.21. The molecule has 0 saturated heterocycles. The van der Waals surface area contributed by atoms with E-state index in [9.17, 15) is 0 Å². The summed E-state index contributed by atoms with van der Waals surface area (Å²) < 4.78 is 6.44. The zero-order valence-electron chi connectivity index (χ0n) is 28.4. The minimum Gasteiger partial charge on any atom is -0.456 e. The van der Waals surface area contributed by atoms with Crippen molar-refractivity contribution in [2.45, 2.75) is 0 Å². The molecular weight excluding hydrogens is 631 g/mol. The van der Waals surface area contributed by atoms with Crippen LogP contribution in [0.15, 0.2) is 205 Å². The smallest absolute Gasteiger partial charge is 0.136 e. The molecule has 0 aliphatic heterocycles. The number of anilines is 3. The van der Waals surface area contributed by atoms with Gasteiger partial charge in [0.2, 0.25) is 0 Å². The van der Waals surface area contributed by atoms with E-state index in [2.05, 4.69) is 193 Å². The predicted molar refractivity (Wildman–Crippen MR) is 220 cm³/mol. The molecule has 0 aliphatic rings. The first kappa shape index (κ1) is 30.0. The predicted octanol–water partition coefficient (Wildman–Crippen LogP) is 14.4. The number of fused-ring (bicyclic) bond motifs is 5. The van der Waals surface area contributed by atoms with E-state index in [4.69, 9.17) is 4.42 Å². The second kappa shape index (κ2) is 12.5. The van der Waals surface area contributed by atoms with E-state index < -0.39 is 0 Å². The summed E-state index contributed by atoms with van der Waals surface area (Å²) in [6.45, 7) is 0. The molecule has 0 atom stereocenters. The number of hydrogen-bond acceptors (Lipinski definition) is 2. The van der Waals surface area contributed by atoms with Gasteiger partial charge in [0.25, 0.3) is 0 Å². The van der Waals surface area contributed by atoms with Crippen LogP contribution in [0.3, 0.4) is 0 Å². The number of furan rings is 1. The van der Waals surface area contributed by atoms with Gasteiger partial charge in [0, 0.05) is 27.7 Å². The van der Waals surface area contributed by atoms with E-state index in [1.807, 2.05) is 12.1 Å². The van der Waals surface area contributed by atoms with Crippen molar-refractivity contribution in [2.24, 2.45) is 0 Å². The molecular formula is C50H33NO. The van der Waals surface area contributed by atoms with Gasteiger partial charge in [-0.1, -0.05) is 152 Å². The van der Waals surface area contributed by atoms with Crippen LogP contribution in [0.25, 0.3) is 76.9 Å². The van der Waals surface area contributed by atoms with Crippen LogP contribution >= 0.6 is 0 Å². The van der Waals surface area contributed by atoms with Crippen LogP contribution in [0.5, 0.6) is 0 Å². The molecule has 0 aliphatic carbocycles. The Morgan fingerprint density at radius 3 is 1.79 bits per heavy atom. The zero-order chi connectivity index (χ0) is 34.4. The third-order valence-corrected chi connectivity index (χ3v) is 10.2. The van der Waals surface area contributed by atoms with Gasteiger partial charge in [-0.2, -0.15) is 0 Å². The topological polar surface area (TPSA) is 16.4 Å². The molecule has 244 valence electrons. The second-order valence-electron chi connectivity index (χ2n) is 13.3. The number of nitrogens with zero attached hydrogens (tertiary/aromatic N) is 1. The van der Waals surface area contributed by atoms with Crippen LogP contribution in [0.2, 0.25) is 0 Å². The number of rotatable bonds is 6. The molecule has 1 heterocycles. The molecule has 2 heteroatoms. The van der Waals surface area contributed by atoms with Crippen molar-refractivity contribution in [3.05, 3.63) is 200 Å². The first-order valence-corrected chi connectivity index (χ1v) is 17.8. The van der Waals surface area contributed by atoms with E-state index in [0.717, 1.165) is 61.6 Å². The summed E-state index contributed by atoms with van der Waals surface area (Å²) in [5, 5.41) is 8.52. The number of benzene rings is 9. The summed E-state index contributed by atoms with van der Waals surface area (Å²) in [6.07, 6.45) is 0. The van der Waals surface area contributed by atoms with Crippen LogP contribution in [0.4, 0.5) is 17.1 Å². The highest BCUT2D eigenvalue weighted by atomic mass is 16.3. The van der Waals surface area contributed by atoms with Gasteiger partial charge < -0.3 is 9.32 Å². The Morgan fingerprint density at radius 1 is 0.327 bits per heavy atom. The molecule has 2 nitrogen and oxygen atoms in total. The Labute approximate surface area is 302 Å². The van der Waals surface area contributed by atoms with Crippen molar-refractivity contribution in [1.29, 1.82) is 0 Å². The summed E-state index contributed by atoms with van der Waals surface area (Å²) >= 11 is 0. The van der Waals surface area contributed by atoms with E-state index in [-0.39, 0.29) is 0 Å². The van der Waals surface area contributed by atoms with Gasteiger partial charge in [-0.25, -0.2) is 0 Å². The Balaban J connectivity index is 1.10. The van der Waals surface area contributed by atoms with Crippen molar-refractivity contribution in [2.75, 3.05) is 4.90 Å². The lowest BCUT2D eigenvalue weighted by atomic mass is 9.93. The molecule has 10 aromatic rings. The van der Waals surface area contributed by atoms with Crippen molar-refractivity contribution in [3.63, 3.8) is 0 Å². The van der Waals surface area contributed by atoms with Gasteiger partial charge in [-0.3, -0.25) is 0 Å². The lowest BCUT2D eigenvalue weighted by Gasteiger charge is -2.27. The molecule has 0 bridgehead atoms. The van der Waals surface area contributed by atoms with E-state index in [1.54, 1.807) is 0 Å². The quantitative estimate of drug-likeness (QED) is 0.165. The van der Waals surface area contributed by atoms with Crippen LogP contribution < -0.4 is 4.90 Å². The fourth-order valence-corrected chi connectivity index (χ4v) is 7.68. The Morgan fingerprint density at radius 2 is 0.962 bits per heavy atom. The highest BCUT2D eigenvalue weighted by Gasteiger charge is 2.18. The van der Waals surface area contributed by atoms with E-state index >= 15 is 0 Å². The minimum atomic E-state index is 0.865. The molecule has 0 fully saturated rings. The minimum absolute atomic E-state index is 0.865. The lowest BCUT2D eigenvalue weighted by molar-refractivity contribution is 0.632. The number of para-hydroxylation sites is 1. The van der Waals surface area contributed by atoms with Gasteiger partial charge in [0.05, 0.1) is 5.69 Å². The Hall–Kier alpha value is -6.90. The normalized spacial score (nSPS) is 11.5. The maximum absolute atomic E-state index is 6.44. The fraction of sp³-hybridized carbons (Fsp3) is 0. The Kier molecular flexibility index (Phi) is 7.18. The third-order valence-electron chi connectivity index (χ3n) is 10.2. The SMILES string of the molecule is c1ccc(-c2ccc(-c3ccc(N(c4ccc5c(ccc6ccccc65)c4)c4cccc5ccccc45)cc3)cc2-c2cc3ccccc3o2)cc1. The first-order chi connectivity index (χ1) is 25.8. The van der Waals surface area contributed by atoms with Gasteiger partial charge in [0.15, 0.2) is 0 Å². The lowest BCUT2D eigenvalue weighted by Crippen LogP contribution is -2.10. The van der Waals surface area contributed by atoms with Crippen LogP contribution in [0.1, 0.15) is 0 Å². The fourth-order valence-electron chi connectivity index (χ4n) is 7.68. The first-order valence-electron chi connectivity index (χ1n) is 17.8. The zero-order valence-corrected chi connectivity index (χ0v) is 28.4. The highest BCUT2D eigenvalue weighted by Crippen LogP contribution is 2.42. The number of hydrogen-bond donors (Lipinski definition) is 0. The standard InChI is InChI=1S/C50H33NO/c1-2-11-35(12-3-1)44-29-25-38(32-47(44)50-33-40-15-6-9-20-49(40)52-50)34-23-26-41(27-24-34)51(48-19-10-16-36-13-5-8-18-46(36)48)42-28-30-45-39(31-42)22-21-37-14-4-7-17-43(37)45/h1-33H. The molecule has 0 amide bonds. The summed E-state index contributed by atoms with van der Waals surface area (Å²) in [4.78, 5) is 2.39.